The number of phenolic OH excluding ortho intramolecular Hbond substituents is 1. The fourth-order valence-corrected chi connectivity index (χ4v) is 3.05. The topological polar surface area (TPSA) is 86.7 Å². The van der Waals surface area contributed by atoms with Crippen LogP contribution in [0.15, 0.2) is 29.2 Å². The predicted molar refractivity (Wildman–Crippen MR) is 75.8 cm³/mol. The monoisotopic (exact) mass is 300 g/mol. The van der Waals surface area contributed by atoms with Gasteiger partial charge in [0.05, 0.1) is 10.9 Å². The van der Waals surface area contributed by atoms with Gasteiger partial charge in [-0.15, -0.1) is 0 Å². The quantitative estimate of drug-likeness (QED) is 0.818. The number of nitrogens with one attached hydrogen (secondary N) is 1. The van der Waals surface area contributed by atoms with E-state index in [1.165, 1.54) is 25.1 Å². The molecule has 1 aromatic carbocycles. The Morgan fingerprint density at radius 2 is 1.95 bits per heavy atom. The zero-order valence-electron chi connectivity index (χ0n) is 11.8. The molecule has 1 aromatic rings. The van der Waals surface area contributed by atoms with Gasteiger partial charge in [0.25, 0.3) is 0 Å². The molecule has 112 valence electrons. The highest BCUT2D eigenvalue weighted by Crippen LogP contribution is 2.16. The van der Waals surface area contributed by atoms with Gasteiger partial charge in [-0.05, 0) is 39.0 Å². The maximum absolute atomic E-state index is 12.1. The molecule has 2 N–H and O–H groups in total. The van der Waals surface area contributed by atoms with Crippen molar-refractivity contribution in [3.05, 3.63) is 24.3 Å². The van der Waals surface area contributed by atoms with Crippen molar-refractivity contribution in [2.24, 2.45) is 0 Å². The molecule has 1 rings (SSSR count). The zero-order valence-corrected chi connectivity index (χ0v) is 12.6. The third-order valence-corrected chi connectivity index (χ3v) is 4.44. The van der Waals surface area contributed by atoms with Crippen LogP contribution in [0.3, 0.4) is 0 Å². The number of carbonyl (C=O) groups is 1. The molecule has 0 aliphatic carbocycles. The van der Waals surface area contributed by atoms with E-state index in [4.69, 9.17) is 0 Å². The van der Waals surface area contributed by atoms with Crippen molar-refractivity contribution < 1.29 is 18.3 Å². The lowest BCUT2D eigenvalue weighted by molar-refractivity contribution is -0.132. The first-order valence-corrected chi connectivity index (χ1v) is 7.90. The van der Waals surface area contributed by atoms with Crippen LogP contribution < -0.4 is 4.72 Å². The summed E-state index contributed by atoms with van der Waals surface area (Å²) < 4.78 is 26.5. The molecule has 1 unspecified atom stereocenters. The number of amides is 1. The molecule has 0 aliphatic heterocycles. The van der Waals surface area contributed by atoms with E-state index in [-0.39, 0.29) is 16.6 Å². The fraction of sp³-hybridized carbons (Fsp3) is 0.462. The molecule has 20 heavy (non-hydrogen) atoms. The molecule has 0 saturated heterocycles. The number of benzene rings is 1. The largest absolute Gasteiger partial charge is 0.508 e. The van der Waals surface area contributed by atoms with Gasteiger partial charge in [0, 0.05) is 13.1 Å². The highest BCUT2D eigenvalue weighted by Gasteiger charge is 2.24. The Morgan fingerprint density at radius 1 is 1.35 bits per heavy atom. The van der Waals surface area contributed by atoms with E-state index in [9.17, 15) is 18.3 Å². The highest BCUT2D eigenvalue weighted by atomic mass is 32.2. The fourth-order valence-electron chi connectivity index (χ4n) is 1.81. The second-order valence-corrected chi connectivity index (χ2v) is 6.06. The van der Waals surface area contributed by atoms with Gasteiger partial charge in [0.15, 0.2) is 0 Å². The minimum atomic E-state index is -3.83. The summed E-state index contributed by atoms with van der Waals surface area (Å²) in [6.45, 7) is 6.21. The van der Waals surface area contributed by atoms with Crippen LogP contribution in [0.4, 0.5) is 0 Å². The summed E-state index contributed by atoms with van der Waals surface area (Å²) in [5.41, 5.74) is 0. The summed E-state index contributed by atoms with van der Waals surface area (Å²) in [5.74, 6) is -0.422. The number of hydrogen-bond acceptors (Lipinski definition) is 4. The average Bonchev–Trinajstić information content (AvgIpc) is 2.39. The second-order valence-electron chi connectivity index (χ2n) is 4.35. The molecule has 7 heteroatoms. The average molecular weight is 300 g/mol. The van der Waals surface area contributed by atoms with Gasteiger partial charge in [-0.25, -0.2) is 8.42 Å². The van der Waals surface area contributed by atoms with Crippen LogP contribution in [0.25, 0.3) is 0 Å². The van der Waals surface area contributed by atoms with Gasteiger partial charge in [-0.3, -0.25) is 4.79 Å². The third-order valence-electron chi connectivity index (χ3n) is 2.91. The van der Waals surface area contributed by atoms with E-state index in [0.29, 0.717) is 13.1 Å². The number of nitrogens with zero attached hydrogens (tertiary/aromatic N) is 1. The minimum Gasteiger partial charge on any atom is -0.508 e. The van der Waals surface area contributed by atoms with E-state index in [0.717, 1.165) is 6.07 Å². The lowest BCUT2D eigenvalue weighted by Crippen LogP contribution is -2.46. The summed E-state index contributed by atoms with van der Waals surface area (Å²) in [4.78, 5) is 13.5. The number of aromatic hydroxyl groups is 1. The molecule has 0 spiro atoms. The Balaban J connectivity index is 2.89. The number of sulfonamides is 1. The van der Waals surface area contributed by atoms with E-state index < -0.39 is 16.1 Å². The van der Waals surface area contributed by atoms with Gasteiger partial charge in [0.2, 0.25) is 15.9 Å². The van der Waals surface area contributed by atoms with E-state index >= 15 is 0 Å². The van der Waals surface area contributed by atoms with Crippen LogP contribution in [0.5, 0.6) is 5.75 Å². The molecule has 1 atom stereocenters. The van der Waals surface area contributed by atoms with Crippen molar-refractivity contribution in [2.45, 2.75) is 31.7 Å². The van der Waals surface area contributed by atoms with Crippen molar-refractivity contribution in [1.29, 1.82) is 0 Å². The van der Waals surface area contributed by atoms with Gasteiger partial charge in [-0.1, -0.05) is 6.07 Å². The Kier molecular flexibility index (Phi) is 5.52. The second kappa shape index (κ2) is 6.71. The van der Waals surface area contributed by atoms with Crippen molar-refractivity contribution in [3.63, 3.8) is 0 Å². The summed E-state index contributed by atoms with van der Waals surface area (Å²) >= 11 is 0. The van der Waals surface area contributed by atoms with E-state index in [1.807, 2.05) is 13.8 Å². The normalized spacial score (nSPS) is 12.9. The van der Waals surface area contributed by atoms with Crippen LogP contribution in [-0.2, 0) is 14.8 Å². The molecular formula is C13H20N2O4S. The number of rotatable bonds is 6. The molecule has 0 fully saturated rings. The Labute approximate surface area is 119 Å². The van der Waals surface area contributed by atoms with Crippen LogP contribution >= 0.6 is 0 Å². The summed E-state index contributed by atoms with van der Waals surface area (Å²) in [6, 6.07) is 4.44. The molecule has 0 heterocycles. The van der Waals surface area contributed by atoms with Gasteiger partial charge < -0.3 is 10.0 Å². The van der Waals surface area contributed by atoms with Gasteiger partial charge in [-0.2, -0.15) is 4.72 Å². The Morgan fingerprint density at radius 3 is 2.45 bits per heavy atom. The summed E-state index contributed by atoms with van der Waals surface area (Å²) in [7, 11) is -3.83. The molecule has 0 bridgehead atoms. The molecule has 0 aromatic heterocycles. The summed E-state index contributed by atoms with van der Waals surface area (Å²) in [6.07, 6.45) is 0. The molecule has 0 saturated carbocycles. The highest BCUT2D eigenvalue weighted by molar-refractivity contribution is 7.89. The first-order valence-electron chi connectivity index (χ1n) is 6.42. The van der Waals surface area contributed by atoms with Crippen LogP contribution in [0.2, 0.25) is 0 Å². The Bertz CT molecular complexity index is 567. The molecule has 0 radical (unpaired) electrons. The number of carbonyl (C=O) groups excluding carboxylic acids is 1. The molecule has 1 amide bonds. The lowest BCUT2D eigenvalue weighted by Gasteiger charge is -2.23. The standard InChI is InChI=1S/C13H20N2O4S/c1-4-15(5-2)13(17)10(3)14-20(18,19)12-8-6-7-11(16)9-12/h6-10,14,16H,4-5H2,1-3H3. The van der Waals surface area contributed by atoms with Crippen molar-refractivity contribution >= 4 is 15.9 Å². The van der Waals surface area contributed by atoms with Crippen LogP contribution in [0.1, 0.15) is 20.8 Å². The van der Waals surface area contributed by atoms with Crippen molar-refractivity contribution in [3.8, 4) is 5.75 Å². The van der Waals surface area contributed by atoms with Crippen molar-refractivity contribution in [1.82, 2.24) is 9.62 Å². The lowest BCUT2D eigenvalue weighted by atomic mass is 10.3. The van der Waals surface area contributed by atoms with E-state index in [2.05, 4.69) is 4.72 Å². The zero-order chi connectivity index (χ0) is 15.3. The number of likely N-dealkylation sites (N-methyl/N-ethyl adjacent to an activating group) is 1. The summed E-state index contributed by atoms with van der Waals surface area (Å²) in [5, 5.41) is 9.32. The van der Waals surface area contributed by atoms with E-state index in [1.54, 1.807) is 4.90 Å². The third kappa shape index (κ3) is 3.94. The number of phenols is 1. The Hall–Kier alpha value is -1.60. The molecule has 0 aliphatic rings. The maximum Gasteiger partial charge on any atom is 0.241 e. The van der Waals surface area contributed by atoms with Gasteiger partial charge in [0.1, 0.15) is 5.75 Å². The smallest absolute Gasteiger partial charge is 0.241 e. The molecule has 6 nitrogen and oxygen atoms in total. The molecular weight excluding hydrogens is 280 g/mol. The first-order chi connectivity index (χ1) is 9.31. The minimum absolute atomic E-state index is 0.0725. The van der Waals surface area contributed by atoms with Crippen LogP contribution in [0, 0.1) is 0 Å². The van der Waals surface area contributed by atoms with Crippen LogP contribution in [-0.4, -0.2) is 43.5 Å². The SMILES string of the molecule is CCN(CC)C(=O)C(C)NS(=O)(=O)c1cccc(O)c1. The number of hydrogen-bond donors (Lipinski definition) is 2. The maximum atomic E-state index is 12.1. The van der Waals surface area contributed by atoms with Gasteiger partial charge >= 0.3 is 0 Å². The predicted octanol–water partition coefficient (Wildman–Crippen LogP) is 0.927. The van der Waals surface area contributed by atoms with Crippen molar-refractivity contribution in [2.75, 3.05) is 13.1 Å². The first kappa shape index (κ1) is 16.5.